The molecule has 0 bridgehead atoms. The summed E-state index contributed by atoms with van der Waals surface area (Å²) in [6.45, 7) is 10.7. The van der Waals surface area contributed by atoms with Gasteiger partial charge in [0.2, 0.25) is 0 Å². The van der Waals surface area contributed by atoms with Crippen molar-refractivity contribution in [2.45, 2.75) is 40.7 Å². The molecule has 0 spiro atoms. The van der Waals surface area contributed by atoms with Crippen LogP contribution >= 0.6 is 0 Å². The fraction of sp³-hybridized carbons (Fsp3) is 0.381. The maximum atomic E-state index is 12.2. The lowest BCUT2D eigenvalue weighted by Crippen LogP contribution is -2.38. The molecule has 0 unspecified atom stereocenters. The van der Waals surface area contributed by atoms with Crippen molar-refractivity contribution in [2.75, 3.05) is 13.2 Å². The summed E-state index contributed by atoms with van der Waals surface area (Å²) >= 11 is 0. The first-order valence-electron chi connectivity index (χ1n) is 8.59. The van der Waals surface area contributed by atoms with Gasteiger partial charge in [-0.2, -0.15) is 0 Å². The molecule has 25 heavy (non-hydrogen) atoms. The van der Waals surface area contributed by atoms with Gasteiger partial charge in [0.25, 0.3) is 5.91 Å². The van der Waals surface area contributed by atoms with Crippen LogP contribution in [0.25, 0.3) is 0 Å². The molecular weight excluding hydrogens is 314 g/mol. The predicted octanol–water partition coefficient (Wildman–Crippen LogP) is 3.88. The lowest BCUT2D eigenvalue weighted by Gasteiger charge is -2.17. The van der Waals surface area contributed by atoms with Gasteiger partial charge in [-0.25, -0.2) is 0 Å². The Morgan fingerprint density at radius 2 is 1.80 bits per heavy atom. The molecule has 2 rings (SSSR count). The Labute approximate surface area is 150 Å². The Hall–Kier alpha value is -2.49. The molecule has 1 atom stereocenters. The molecule has 0 aliphatic carbocycles. The Morgan fingerprint density at radius 1 is 1.04 bits per heavy atom. The van der Waals surface area contributed by atoms with Gasteiger partial charge in [-0.1, -0.05) is 29.8 Å². The summed E-state index contributed by atoms with van der Waals surface area (Å²) in [7, 11) is 0. The topological polar surface area (TPSA) is 47.6 Å². The highest BCUT2D eigenvalue weighted by Crippen LogP contribution is 2.21. The second-order valence-corrected chi connectivity index (χ2v) is 6.37. The molecule has 0 heterocycles. The smallest absolute Gasteiger partial charge is 0.260 e. The number of hydrogen-bond donors (Lipinski definition) is 1. The minimum Gasteiger partial charge on any atom is -0.491 e. The van der Waals surface area contributed by atoms with Crippen molar-refractivity contribution in [1.82, 2.24) is 5.32 Å². The third-order valence-electron chi connectivity index (χ3n) is 4.22. The van der Waals surface area contributed by atoms with Gasteiger partial charge in [0.05, 0.1) is 6.54 Å². The van der Waals surface area contributed by atoms with Crippen LogP contribution in [0.5, 0.6) is 11.5 Å². The third kappa shape index (κ3) is 5.24. The first kappa shape index (κ1) is 18.8. The zero-order valence-electron chi connectivity index (χ0n) is 15.7. The normalized spacial score (nSPS) is 11.7. The molecule has 0 aromatic heterocycles. The van der Waals surface area contributed by atoms with Gasteiger partial charge in [-0.05, 0) is 63.4 Å². The van der Waals surface area contributed by atoms with Gasteiger partial charge < -0.3 is 14.8 Å². The van der Waals surface area contributed by atoms with E-state index in [2.05, 4.69) is 18.3 Å². The van der Waals surface area contributed by atoms with Crippen LogP contribution in [0.4, 0.5) is 0 Å². The highest BCUT2D eigenvalue weighted by Gasteiger charge is 2.15. The Bertz CT molecular complexity index is 740. The second kappa shape index (κ2) is 8.56. The van der Waals surface area contributed by atoms with Crippen molar-refractivity contribution in [1.29, 1.82) is 0 Å². The number of benzene rings is 2. The molecule has 0 aliphatic rings. The van der Waals surface area contributed by atoms with Crippen LogP contribution in [-0.2, 0) is 4.79 Å². The Balaban J connectivity index is 1.78. The monoisotopic (exact) mass is 341 g/mol. The second-order valence-electron chi connectivity index (χ2n) is 6.37. The van der Waals surface area contributed by atoms with Gasteiger partial charge in [-0.15, -0.1) is 0 Å². The van der Waals surface area contributed by atoms with E-state index in [4.69, 9.17) is 9.47 Å². The van der Waals surface area contributed by atoms with Crippen LogP contribution in [0.3, 0.4) is 0 Å². The van der Waals surface area contributed by atoms with Gasteiger partial charge in [-0.3, -0.25) is 4.79 Å². The number of amides is 1. The summed E-state index contributed by atoms with van der Waals surface area (Å²) in [6, 6.07) is 11.9. The van der Waals surface area contributed by atoms with E-state index in [9.17, 15) is 4.79 Å². The van der Waals surface area contributed by atoms with E-state index in [1.807, 2.05) is 51.1 Å². The Morgan fingerprint density at radius 3 is 2.52 bits per heavy atom. The average molecular weight is 341 g/mol. The van der Waals surface area contributed by atoms with Crippen LogP contribution in [0, 0.1) is 27.7 Å². The number of hydrogen-bond acceptors (Lipinski definition) is 3. The summed E-state index contributed by atoms with van der Waals surface area (Å²) in [5.74, 6) is 1.44. The van der Waals surface area contributed by atoms with Crippen LogP contribution in [0.1, 0.15) is 29.2 Å². The molecular formula is C21H27NO3. The number of carbonyl (C=O) groups excluding carboxylic acids is 1. The highest BCUT2D eigenvalue weighted by atomic mass is 16.5. The predicted molar refractivity (Wildman–Crippen MR) is 100 cm³/mol. The maximum absolute atomic E-state index is 12.2. The number of aryl methyl sites for hydroxylation is 3. The summed E-state index contributed by atoms with van der Waals surface area (Å²) in [6.07, 6.45) is -0.554. The minimum atomic E-state index is -0.554. The van der Waals surface area contributed by atoms with Crippen molar-refractivity contribution < 1.29 is 14.3 Å². The van der Waals surface area contributed by atoms with Crippen molar-refractivity contribution in [3.8, 4) is 11.5 Å². The molecule has 4 nitrogen and oxygen atoms in total. The molecule has 0 saturated heterocycles. The van der Waals surface area contributed by atoms with Gasteiger partial charge in [0.15, 0.2) is 6.10 Å². The molecule has 0 aliphatic heterocycles. The SMILES string of the molecule is Cc1ccc(O[C@@H](C)C(=O)NCCOc2cccc(C)c2C)c(C)c1. The van der Waals surface area contributed by atoms with E-state index in [1.165, 1.54) is 11.1 Å². The van der Waals surface area contributed by atoms with E-state index < -0.39 is 6.10 Å². The van der Waals surface area contributed by atoms with Crippen molar-refractivity contribution in [2.24, 2.45) is 0 Å². The largest absolute Gasteiger partial charge is 0.491 e. The molecule has 0 fully saturated rings. The molecule has 1 amide bonds. The van der Waals surface area contributed by atoms with Gasteiger partial charge in [0.1, 0.15) is 18.1 Å². The van der Waals surface area contributed by atoms with E-state index in [0.29, 0.717) is 13.2 Å². The average Bonchev–Trinajstić information content (AvgIpc) is 2.57. The number of carbonyl (C=O) groups is 1. The van der Waals surface area contributed by atoms with Crippen molar-refractivity contribution in [3.05, 3.63) is 58.7 Å². The highest BCUT2D eigenvalue weighted by molar-refractivity contribution is 5.80. The number of nitrogens with one attached hydrogen (secondary N) is 1. The van der Waals surface area contributed by atoms with Gasteiger partial charge in [0, 0.05) is 0 Å². The quantitative estimate of drug-likeness (QED) is 0.778. The zero-order valence-corrected chi connectivity index (χ0v) is 15.7. The van der Waals surface area contributed by atoms with Crippen molar-refractivity contribution in [3.63, 3.8) is 0 Å². The minimum absolute atomic E-state index is 0.149. The summed E-state index contributed by atoms with van der Waals surface area (Å²) in [4.78, 5) is 12.2. The number of ether oxygens (including phenoxy) is 2. The molecule has 4 heteroatoms. The van der Waals surface area contributed by atoms with Crippen molar-refractivity contribution >= 4 is 5.91 Å². The lowest BCUT2D eigenvalue weighted by molar-refractivity contribution is -0.127. The van der Waals surface area contributed by atoms with Crippen LogP contribution in [0.15, 0.2) is 36.4 Å². The maximum Gasteiger partial charge on any atom is 0.260 e. The molecule has 0 radical (unpaired) electrons. The lowest BCUT2D eigenvalue weighted by atomic mass is 10.1. The van der Waals surface area contributed by atoms with Crippen LogP contribution in [0.2, 0.25) is 0 Å². The van der Waals surface area contributed by atoms with E-state index in [0.717, 1.165) is 22.6 Å². The summed E-state index contributed by atoms with van der Waals surface area (Å²) in [5, 5.41) is 2.85. The molecule has 134 valence electrons. The zero-order chi connectivity index (χ0) is 18.4. The summed E-state index contributed by atoms with van der Waals surface area (Å²) < 4.78 is 11.5. The van der Waals surface area contributed by atoms with E-state index in [1.54, 1.807) is 6.92 Å². The summed E-state index contributed by atoms with van der Waals surface area (Å²) in [5.41, 5.74) is 4.51. The Kier molecular flexibility index (Phi) is 6.45. The number of rotatable bonds is 7. The van der Waals surface area contributed by atoms with Crippen LogP contribution in [-0.4, -0.2) is 25.2 Å². The van der Waals surface area contributed by atoms with Gasteiger partial charge >= 0.3 is 0 Å². The fourth-order valence-electron chi connectivity index (χ4n) is 2.54. The van der Waals surface area contributed by atoms with Crippen LogP contribution < -0.4 is 14.8 Å². The van der Waals surface area contributed by atoms with E-state index in [-0.39, 0.29) is 5.91 Å². The third-order valence-corrected chi connectivity index (χ3v) is 4.22. The first-order valence-corrected chi connectivity index (χ1v) is 8.59. The van der Waals surface area contributed by atoms with E-state index >= 15 is 0 Å². The fourth-order valence-corrected chi connectivity index (χ4v) is 2.54. The first-order chi connectivity index (χ1) is 11.9. The molecule has 2 aromatic carbocycles. The molecule has 1 N–H and O–H groups in total. The molecule has 0 saturated carbocycles. The standard InChI is InChI=1S/C21H27NO3/c1-14-9-10-19(16(3)13-14)25-18(5)21(23)22-11-12-24-20-8-6-7-15(2)17(20)4/h6-10,13,18H,11-12H2,1-5H3,(H,22,23)/t18-/m0/s1. The molecule has 2 aromatic rings.